The van der Waals surface area contributed by atoms with Gasteiger partial charge in [-0.1, -0.05) is 48.0 Å². The highest BCUT2D eigenvalue weighted by atomic mass is 16.6. The van der Waals surface area contributed by atoms with Crippen molar-refractivity contribution in [3.05, 3.63) is 80.3 Å². The lowest BCUT2D eigenvalue weighted by Crippen LogP contribution is -2.38. The monoisotopic (exact) mass is 266 g/mol. The highest BCUT2D eigenvalue weighted by Crippen LogP contribution is 2.25. The lowest BCUT2D eigenvalue weighted by molar-refractivity contribution is -0.508. The first-order valence-corrected chi connectivity index (χ1v) is 6.50. The Morgan fingerprint density at radius 2 is 1.95 bits per heavy atom. The minimum Gasteiger partial charge on any atom is -0.269 e. The van der Waals surface area contributed by atoms with Crippen LogP contribution in [0.5, 0.6) is 0 Å². The van der Waals surface area contributed by atoms with E-state index in [0.29, 0.717) is 0 Å². The van der Waals surface area contributed by atoms with Crippen LogP contribution in [0.1, 0.15) is 17.2 Å². The van der Waals surface area contributed by atoms with Gasteiger partial charge in [-0.05, 0) is 18.6 Å². The largest absolute Gasteiger partial charge is 0.269 e. The molecule has 1 aliphatic rings. The van der Waals surface area contributed by atoms with Crippen LogP contribution in [0, 0.1) is 17.0 Å². The molecule has 3 rings (SSSR count). The minimum atomic E-state index is -0.813. The van der Waals surface area contributed by atoms with Gasteiger partial charge < -0.3 is 0 Å². The molecule has 0 bridgehead atoms. The van der Waals surface area contributed by atoms with Crippen molar-refractivity contribution in [2.24, 2.45) is 4.99 Å². The van der Waals surface area contributed by atoms with Crippen LogP contribution in [-0.4, -0.2) is 11.0 Å². The van der Waals surface area contributed by atoms with Gasteiger partial charge in [0.2, 0.25) is 0 Å². The Morgan fingerprint density at radius 1 is 1.15 bits per heavy atom. The molecule has 2 aromatic carbocycles. The number of hydrogen-bond donors (Lipinski definition) is 0. The SMILES string of the molecule is Cc1cccc(C2N=c3ccccc3=CC2[N+](=O)[O-])c1. The van der Waals surface area contributed by atoms with Gasteiger partial charge in [0, 0.05) is 16.2 Å². The number of aryl methyl sites for hydroxylation is 1. The van der Waals surface area contributed by atoms with Crippen molar-refractivity contribution < 1.29 is 4.92 Å². The molecule has 2 unspecified atom stereocenters. The van der Waals surface area contributed by atoms with Gasteiger partial charge in [-0.3, -0.25) is 15.1 Å². The van der Waals surface area contributed by atoms with E-state index in [-0.39, 0.29) is 4.92 Å². The summed E-state index contributed by atoms with van der Waals surface area (Å²) >= 11 is 0. The van der Waals surface area contributed by atoms with E-state index in [2.05, 4.69) is 4.99 Å². The molecular weight excluding hydrogens is 252 g/mol. The first-order valence-electron chi connectivity index (χ1n) is 6.50. The van der Waals surface area contributed by atoms with Crippen molar-refractivity contribution in [2.45, 2.75) is 19.0 Å². The summed E-state index contributed by atoms with van der Waals surface area (Å²) in [5, 5.41) is 13.0. The zero-order valence-electron chi connectivity index (χ0n) is 11.1. The fourth-order valence-corrected chi connectivity index (χ4v) is 2.55. The molecule has 1 aliphatic heterocycles. The molecule has 0 fully saturated rings. The highest BCUT2D eigenvalue weighted by molar-refractivity contribution is 5.37. The number of nitro groups is 1. The van der Waals surface area contributed by atoms with Crippen LogP contribution in [0.2, 0.25) is 0 Å². The van der Waals surface area contributed by atoms with Crippen molar-refractivity contribution in [2.75, 3.05) is 0 Å². The summed E-state index contributed by atoms with van der Waals surface area (Å²) in [7, 11) is 0. The minimum absolute atomic E-state index is 0.258. The highest BCUT2D eigenvalue weighted by Gasteiger charge is 2.32. The topological polar surface area (TPSA) is 55.5 Å². The van der Waals surface area contributed by atoms with Gasteiger partial charge >= 0.3 is 0 Å². The van der Waals surface area contributed by atoms with Gasteiger partial charge in [-0.2, -0.15) is 0 Å². The summed E-state index contributed by atoms with van der Waals surface area (Å²) in [6.07, 6.45) is 1.70. The molecule has 0 amide bonds. The summed E-state index contributed by atoms with van der Waals surface area (Å²) in [4.78, 5) is 15.7. The molecule has 2 atom stereocenters. The van der Waals surface area contributed by atoms with Gasteiger partial charge in [-0.25, -0.2) is 0 Å². The summed E-state index contributed by atoms with van der Waals surface area (Å²) in [6.45, 7) is 1.98. The van der Waals surface area contributed by atoms with Crippen LogP contribution < -0.4 is 10.6 Å². The molecule has 0 spiro atoms. The van der Waals surface area contributed by atoms with Crippen molar-refractivity contribution in [1.82, 2.24) is 0 Å². The standard InChI is InChI=1S/C16H14N2O2/c1-11-5-4-7-13(9-11)16-15(18(19)20)10-12-6-2-3-8-14(12)17-16/h2-10,15-16H,1H3. The van der Waals surface area contributed by atoms with E-state index in [9.17, 15) is 10.1 Å². The Labute approximate surface area is 116 Å². The molecule has 0 saturated carbocycles. The Kier molecular flexibility index (Phi) is 3.06. The van der Waals surface area contributed by atoms with Gasteiger partial charge in [0.05, 0.1) is 5.36 Å². The third kappa shape index (κ3) is 2.20. The normalized spacial score (nSPS) is 20.4. The maximum Gasteiger partial charge on any atom is 0.258 e. The number of para-hydroxylation sites is 1. The fourth-order valence-electron chi connectivity index (χ4n) is 2.55. The molecule has 1 heterocycles. The van der Waals surface area contributed by atoms with Crippen LogP contribution in [0.25, 0.3) is 6.08 Å². The van der Waals surface area contributed by atoms with Crippen LogP contribution in [0.4, 0.5) is 0 Å². The molecule has 0 saturated heterocycles. The van der Waals surface area contributed by atoms with Crippen molar-refractivity contribution in [3.8, 4) is 0 Å². The first-order chi connectivity index (χ1) is 9.65. The van der Waals surface area contributed by atoms with Gasteiger partial charge in [-0.15, -0.1) is 0 Å². The molecule has 0 radical (unpaired) electrons. The van der Waals surface area contributed by atoms with E-state index in [4.69, 9.17) is 0 Å². The lowest BCUT2D eigenvalue weighted by atomic mass is 9.96. The molecular formula is C16H14N2O2. The number of hydrogen-bond acceptors (Lipinski definition) is 3. The predicted octanol–water partition coefficient (Wildman–Crippen LogP) is 1.80. The Balaban J connectivity index is 2.18. The average molecular weight is 266 g/mol. The van der Waals surface area contributed by atoms with E-state index in [1.54, 1.807) is 6.08 Å². The maximum absolute atomic E-state index is 11.3. The third-order valence-electron chi connectivity index (χ3n) is 3.52. The van der Waals surface area contributed by atoms with Gasteiger partial charge in [0.1, 0.15) is 6.04 Å². The molecule has 0 aliphatic carbocycles. The Morgan fingerprint density at radius 3 is 2.70 bits per heavy atom. The van der Waals surface area contributed by atoms with E-state index in [1.807, 2.05) is 55.5 Å². The Hall–Kier alpha value is -2.49. The van der Waals surface area contributed by atoms with E-state index >= 15 is 0 Å². The summed E-state index contributed by atoms with van der Waals surface area (Å²) in [5.41, 5.74) is 1.97. The smallest absolute Gasteiger partial charge is 0.258 e. The predicted molar refractivity (Wildman–Crippen MR) is 76.4 cm³/mol. The van der Waals surface area contributed by atoms with E-state index in [0.717, 1.165) is 21.7 Å². The number of rotatable bonds is 2. The van der Waals surface area contributed by atoms with Crippen molar-refractivity contribution >= 4 is 6.08 Å². The number of fused-ring (bicyclic) bond motifs is 1. The molecule has 4 heteroatoms. The number of benzene rings is 2. The van der Waals surface area contributed by atoms with Gasteiger partial charge in [0.25, 0.3) is 6.04 Å². The second kappa shape index (κ2) is 4.89. The maximum atomic E-state index is 11.3. The molecule has 2 aromatic rings. The molecule has 0 aromatic heterocycles. The summed E-state index contributed by atoms with van der Waals surface area (Å²) in [6, 6.07) is 14.0. The summed E-state index contributed by atoms with van der Waals surface area (Å²) < 4.78 is 0. The number of nitrogens with zero attached hydrogens (tertiary/aromatic N) is 2. The van der Waals surface area contributed by atoms with Crippen LogP contribution >= 0.6 is 0 Å². The molecule has 100 valence electrons. The second-order valence-electron chi connectivity index (χ2n) is 4.99. The Bertz CT molecular complexity index is 783. The van der Waals surface area contributed by atoms with Crippen LogP contribution in [0.15, 0.2) is 53.5 Å². The quantitative estimate of drug-likeness (QED) is 0.614. The lowest BCUT2D eigenvalue weighted by Gasteiger charge is -2.18. The van der Waals surface area contributed by atoms with Crippen LogP contribution in [-0.2, 0) is 0 Å². The summed E-state index contributed by atoms with van der Waals surface area (Å²) in [5.74, 6) is 0. The molecule has 4 nitrogen and oxygen atoms in total. The molecule has 20 heavy (non-hydrogen) atoms. The zero-order valence-corrected chi connectivity index (χ0v) is 11.1. The third-order valence-corrected chi connectivity index (χ3v) is 3.52. The second-order valence-corrected chi connectivity index (χ2v) is 4.99. The average Bonchev–Trinajstić information content (AvgIpc) is 2.46. The first kappa shape index (κ1) is 12.5. The van der Waals surface area contributed by atoms with Crippen molar-refractivity contribution in [3.63, 3.8) is 0 Å². The zero-order chi connectivity index (χ0) is 14.1. The fraction of sp³-hybridized carbons (Fsp3) is 0.188. The van der Waals surface area contributed by atoms with Crippen molar-refractivity contribution in [1.29, 1.82) is 0 Å². The molecule has 0 N–H and O–H groups in total. The van der Waals surface area contributed by atoms with E-state index in [1.165, 1.54) is 0 Å². The van der Waals surface area contributed by atoms with Crippen LogP contribution in [0.3, 0.4) is 0 Å². The van der Waals surface area contributed by atoms with E-state index < -0.39 is 12.1 Å². The van der Waals surface area contributed by atoms with Gasteiger partial charge in [0.15, 0.2) is 0 Å².